The first-order valence-corrected chi connectivity index (χ1v) is 9.18. The van der Waals surface area contributed by atoms with Gasteiger partial charge in [-0.3, -0.25) is 4.79 Å². The van der Waals surface area contributed by atoms with Gasteiger partial charge in [-0.1, -0.05) is 30.3 Å². The standard InChI is InChI=1S/C20H30NO3.H2O/c1-14(2)21(3)16-9-10-17(21)12-18(11-16)24-20(23)19(13-22)15-7-5-4-6-8-15;/h4-8,14,16-19,22H,9-13H2,1-3H3;1H2/q+1;/p-1/t16-,17+,18?,19?,21?;. The number of carbonyl (C=O) groups excluding carboxylic acids is 1. The number of benzene rings is 1. The van der Waals surface area contributed by atoms with Crippen molar-refractivity contribution in [1.82, 2.24) is 0 Å². The second-order valence-corrected chi connectivity index (χ2v) is 7.88. The number of hydrogen-bond acceptors (Lipinski definition) is 4. The molecule has 2 saturated heterocycles. The van der Waals surface area contributed by atoms with Crippen molar-refractivity contribution in [2.24, 2.45) is 0 Å². The molecule has 2 bridgehead atoms. The molecule has 2 aliphatic heterocycles. The van der Waals surface area contributed by atoms with Crippen molar-refractivity contribution in [2.45, 2.75) is 69.7 Å². The highest BCUT2D eigenvalue weighted by atomic mass is 16.5. The number of aliphatic hydroxyl groups is 1. The van der Waals surface area contributed by atoms with E-state index in [1.54, 1.807) is 0 Å². The van der Waals surface area contributed by atoms with Crippen molar-refractivity contribution >= 4 is 5.97 Å². The van der Waals surface area contributed by atoms with Crippen LogP contribution in [0.2, 0.25) is 0 Å². The zero-order valence-corrected chi connectivity index (χ0v) is 15.5. The van der Waals surface area contributed by atoms with Crippen LogP contribution in [0, 0.1) is 0 Å². The third kappa shape index (κ3) is 3.59. The van der Waals surface area contributed by atoms with Gasteiger partial charge in [0.2, 0.25) is 0 Å². The molecule has 0 amide bonds. The van der Waals surface area contributed by atoms with Crippen LogP contribution in [0.5, 0.6) is 0 Å². The summed E-state index contributed by atoms with van der Waals surface area (Å²) in [4.78, 5) is 12.6. The molecule has 5 nitrogen and oxygen atoms in total. The summed E-state index contributed by atoms with van der Waals surface area (Å²) in [5.41, 5.74) is 0.826. The van der Waals surface area contributed by atoms with Crippen LogP contribution in [0.4, 0.5) is 0 Å². The minimum absolute atomic E-state index is 0. The fourth-order valence-corrected chi connectivity index (χ4v) is 4.82. The largest absolute Gasteiger partial charge is 0.870 e. The topological polar surface area (TPSA) is 76.5 Å². The Bertz CT molecular complexity index is 560. The SMILES string of the molecule is CC(C)[N+]1(C)[C@@H]2CC[C@H]1CC(OC(=O)C(CO)c1ccccc1)C2.[OH-]. The number of ether oxygens (including phenoxy) is 1. The van der Waals surface area contributed by atoms with Crippen LogP contribution in [0.25, 0.3) is 0 Å². The van der Waals surface area contributed by atoms with Crippen LogP contribution in [0.1, 0.15) is 51.0 Å². The first-order valence-electron chi connectivity index (χ1n) is 9.18. The molecular formula is C20H31NO4. The molecule has 0 aliphatic carbocycles. The molecule has 0 aromatic heterocycles. The molecule has 2 aliphatic rings. The van der Waals surface area contributed by atoms with E-state index in [4.69, 9.17) is 4.74 Å². The van der Waals surface area contributed by atoms with Gasteiger partial charge in [0.15, 0.2) is 0 Å². The van der Waals surface area contributed by atoms with Gasteiger partial charge in [0.05, 0.1) is 31.8 Å². The molecule has 1 aromatic carbocycles. The molecular weight excluding hydrogens is 318 g/mol. The Hall–Kier alpha value is -1.43. The van der Waals surface area contributed by atoms with E-state index in [0.717, 1.165) is 22.9 Å². The Kier molecular flexibility index (Phi) is 6.25. The molecule has 3 rings (SSSR count). The lowest BCUT2D eigenvalue weighted by molar-refractivity contribution is -0.968. The molecule has 0 spiro atoms. The first kappa shape index (κ1) is 19.9. The Morgan fingerprint density at radius 1 is 1.20 bits per heavy atom. The number of piperidine rings is 1. The van der Waals surface area contributed by atoms with E-state index in [1.165, 1.54) is 12.8 Å². The molecule has 1 aromatic rings. The lowest BCUT2D eigenvalue weighted by Gasteiger charge is -2.49. The fraction of sp³-hybridized carbons (Fsp3) is 0.650. The molecule has 2 N–H and O–H groups in total. The monoisotopic (exact) mass is 349 g/mol. The summed E-state index contributed by atoms with van der Waals surface area (Å²) < 4.78 is 6.96. The maximum atomic E-state index is 12.6. The number of carbonyl (C=O) groups is 1. The number of nitrogens with zero attached hydrogens (tertiary/aromatic N) is 1. The number of hydrogen-bond donors (Lipinski definition) is 1. The zero-order valence-electron chi connectivity index (χ0n) is 15.5. The third-order valence-electron chi connectivity index (χ3n) is 6.54. The predicted octanol–water partition coefficient (Wildman–Crippen LogP) is 2.68. The van der Waals surface area contributed by atoms with E-state index in [2.05, 4.69) is 20.9 Å². The maximum Gasteiger partial charge on any atom is 0.316 e. The molecule has 140 valence electrons. The third-order valence-corrected chi connectivity index (χ3v) is 6.54. The predicted molar refractivity (Wildman–Crippen MR) is 95.4 cm³/mol. The van der Waals surface area contributed by atoms with Gasteiger partial charge in [-0.15, -0.1) is 0 Å². The quantitative estimate of drug-likeness (QED) is 0.655. The molecule has 25 heavy (non-hydrogen) atoms. The number of fused-ring (bicyclic) bond motifs is 2. The average Bonchev–Trinajstić information content (AvgIpc) is 2.74. The van der Waals surface area contributed by atoms with Crippen LogP contribution in [-0.2, 0) is 9.53 Å². The number of quaternary nitrogens is 1. The van der Waals surface area contributed by atoms with E-state index in [0.29, 0.717) is 18.1 Å². The summed E-state index contributed by atoms with van der Waals surface area (Å²) in [6, 6.07) is 11.2. The number of rotatable bonds is 5. The minimum Gasteiger partial charge on any atom is -0.870 e. The summed E-state index contributed by atoms with van der Waals surface area (Å²) in [5.74, 6) is -0.856. The minimum atomic E-state index is -0.572. The Labute approximate surface area is 150 Å². The highest BCUT2D eigenvalue weighted by Gasteiger charge is 2.53. The van der Waals surface area contributed by atoms with Gasteiger partial charge in [0.25, 0.3) is 0 Å². The number of esters is 1. The smallest absolute Gasteiger partial charge is 0.316 e. The second-order valence-electron chi connectivity index (χ2n) is 7.88. The van der Waals surface area contributed by atoms with E-state index in [1.807, 2.05) is 30.3 Å². The highest BCUT2D eigenvalue weighted by Crippen LogP contribution is 2.44. The van der Waals surface area contributed by atoms with E-state index in [9.17, 15) is 9.90 Å². The average molecular weight is 349 g/mol. The van der Waals surface area contributed by atoms with Crippen LogP contribution >= 0.6 is 0 Å². The van der Waals surface area contributed by atoms with Crippen molar-refractivity contribution in [1.29, 1.82) is 0 Å². The molecule has 0 radical (unpaired) electrons. The highest BCUT2D eigenvalue weighted by molar-refractivity contribution is 5.78. The van der Waals surface area contributed by atoms with Crippen LogP contribution < -0.4 is 0 Å². The molecule has 0 saturated carbocycles. The maximum absolute atomic E-state index is 12.6. The lowest BCUT2D eigenvalue weighted by atomic mass is 9.94. The van der Waals surface area contributed by atoms with Gasteiger partial charge in [-0.05, 0) is 19.4 Å². The van der Waals surface area contributed by atoms with Gasteiger partial charge in [0.1, 0.15) is 12.0 Å². The zero-order chi connectivity index (χ0) is 17.3. The molecule has 5 atom stereocenters. The van der Waals surface area contributed by atoms with Crippen molar-refractivity contribution in [3.8, 4) is 0 Å². The van der Waals surface area contributed by atoms with E-state index >= 15 is 0 Å². The van der Waals surface area contributed by atoms with Crippen LogP contribution in [0.3, 0.4) is 0 Å². The van der Waals surface area contributed by atoms with Gasteiger partial charge in [-0.25, -0.2) is 0 Å². The summed E-state index contributed by atoms with van der Waals surface area (Å²) in [7, 11) is 2.37. The number of aliphatic hydroxyl groups excluding tert-OH is 1. The van der Waals surface area contributed by atoms with E-state index in [-0.39, 0.29) is 24.2 Å². The van der Waals surface area contributed by atoms with Gasteiger partial charge in [0, 0.05) is 25.7 Å². The van der Waals surface area contributed by atoms with Gasteiger partial charge < -0.3 is 19.8 Å². The fourth-order valence-electron chi connectivity index (χ4n) is 4.82. The van der Waals surface area contributed by atoms with Crippen molar-refractivity contribution in [2.75, 3.05) is 13.7 Å². The van der Waals surface area contributed by atoms with E-state index < -0.39 is 5.92 Å². The summed E-state index contributed by atoms with van der Waals surface area (Å²) in [6.07, 6.45) is 4.36. The summed E-state index contributed by atoms with van der Waals surface area (Å²) in [6.45, 7) is 4.39. The van der Waals surface area contributed by atoms with Crippen LogP contribution in [0.15, 0.2) is 30.3 Å². The van der Waals surface area contributed by atoms with Crippen molar-refractivity contribution in [3.05, 3.63) is 35.9 Å². The summed E-state index contributed by atoms with van der Waals surface area (Å²) >= 11 is 0. The molecule has 3 unspecified atom stereocenters. The second kappa shape index (κ2) is 7.85. The Balaban J connectivity index is 0.00000225. The van der Waals surface area contributed by atoms with Crippen LogP contribution in [-0.4, -0.2) is 58.9 Å². The van der Waals surface area contributed by atoms with Crippen molar-refractivity contribution < 1.29 is 24.6 Å². The van der Waals surface area contributed by atoms with Gasteiger partial charge >= 0.3 is 5.97 Å². The molecule has 5 heteroatoms. The molecule has 2 fully saturated rings. The normalized spacial score (nSPS) is 32.1. The first-order chi connectivity index (χ1) is 11.5. The Morgan fingerprint density at radius 3 is 2.24 bits per heavy atom. The van der Waals surface area contributed by atoms with Gasteiger partial charge in [-0.2, -0.15) is 0 Å². The van der Waals surface area contributed by atoms with Crippen molar-refractivity contribution in [3.63, 3.8) is 0 Å². The summed E-state index contributed by atoms with van der Waals surface area (Å²) in [5, 5.41) is 9.65. The molecule has 2 heterocycles. The lowest BCUT2D eigenvalue weighted by Crippen LogP contribution is -2.62. The Morgan fingerprint density at radius 2 is 1.76 bits per heavy atom.